The lowest BCUT2D eigenvalue weighted by atomic mass is 10.2. The summed E-state index contributed by atoms with van der Waals surface area (Å²) in [5.41, 5.74) is -6.63. The molecule has 0 saturated heterocycles. The Balaban J connectivity index is 2.93. The number of nitrogens with zero attached hydrogens (tertiary/aromatic N) is 4. The average Bonchev–Trinajstić information content (AvgIpc) is 3.09. The van der Waals surface area contributed by atoms with E-state index < -0.39 is 59.2 Å². The highest BCUT2D eigenvalue weighted by Crippen LogP contribution is 2.43. The number of aromatic nitrogens is 2. The van der Waals surface area contributed by atoms with Crippen LogP contribution in [0, 0.1) is 11.3 Å². The molecule has 1 aromatic heterocycles. The van der Waals surface area contributed by atoms with Crippen LogP contribution in [0.5, 0.6) is 0 Å². The maximum atomic E-state index is 13.4. The van der Waals surface area contributed by atoms with Crippen molar-refractivity contribution < 1.29 is 39.6 Å². The summed E-state index contributed by atoms with van der Waals surface area (Å²) in [7, 11) is -5.09. The van der Waals surface area contributed by atoms with E-state index in [4.69, 9.17) is 28.0 Å². The second-order valence-electron chi connectivity index (χ2n) is 6.24. The van der Waals surface area contributed by atoms with Gasteiger partial charge in [-0.2, -0.15) is 36.7 Å². The summed E-state index contributed by atoms with van der Waals surface area (Å²) in [5.74, 6) is -0.882. The van der Waals surface area contributed by atoms with Crippen LogP contribution >= 0.6 is 23.2 Å². The third-order valence-electron chi connectivity index (χ3n) is 3.98. The van der Waals surface area contributed by atoms with E-state index in [0.29, 0.717) is 16.8 Å². The summed E-state index contributed by atoms with van der Waals surface area (Å²) >= 11 is 11.9. The van der Waals surface area contributed by atoms with Crippen molar-refractivity contribution in [1.82, 2.24) is 15.3 Å². The van der Waals surface area contributed by atoms with Crippen LogP contribution in [0.2, 0.25) is 10.0 Å². The minimum atomic E-state index is -6.17. The molecule has 1 heterocycles. The quantitative estimate of drug-likeness (QED) is 0.299. The van der Waals surface area contributed by atoms with Gasteiger partial charge in [-0.05, 0) is 19.1 Å². The minimum absolute atomic E-state index is 0.190. The third-order valence-corrected chi connectivity index (χ3v) is 6.08. The molecule has 0 aliphatic heterocycles. The van der Waals surface area contributed by atoms with Gasteiger partial charge in [0, 0.05) is 19.4 Å². The van der Waals surface area contributed by atoms with Crippen molar-refractivity contribution in [2.75, 3.05) is 18.6 Å². The highest BCUT2D eigenvalue weighted by Gasteiger charge is 2.51. The van der Waals surface area contributed by atoms with E-state index in [2.05, 4.69) is 10.6 Å². The van der Waals surface area contributed by atoms with Gasteiger partial charge in [0.05, 0.1) is 22.2 Å². The molecule has 0 fully saturated rings. The molecule has 0 unspecified atom stereocenters. The van der Waals surface area contributed by atoms with Crippen LogP contribution in [0.15, 0.2) is 29.4 Å². The largest absolute Gasteiger partial charge is 0.502 e. The van der Waals surface area contributed by atoms with E-state index in [0.717, 1.165) is 24.3 Å². The molecule has 0 aliphatic rings. The van der Waals surface area contributed by atoms with Crippen molar-refractivity contribution in [3.63, 3.8) is 0 Å². The molecule has 0 bridgehead atoms. The SMILES string of the molecule is CCONC=CN(C)c1c(S(=O)(=O)C(F)(F)F)c(C#N)nn1-c1c(Cl)cc(C(F)(F)F)cc1Cl. The smallest absolute Gasteiger partial charge is 0.333 e. The molecular formula is C17H13Cl2F6N5O3S. The first-order valence-electron chi connectivity index (χ1n) is 8.75. The molecule has 1 N–H and O–H groups in total. The molecule has 0 radical (unpaired) electrons. The van der Waals surface area contributed by atoms with Gasteiger partial charge < -0.3 is 4.90 Å². The number of hydroxylamine groups is 1. The number of benzene rings is 1. The number of rotatable bonds is 7. The molecule has 0 aliphatic carbocycles. The number of anilines is 1. The van der Waals surface area contributed by atoms with Gasteiger partial charge in [-0.3, -0.25) is 10.3 Å². The van der Waals surface area contributed by atoms with Gasteiger partial charge in [0.25, 0.3) is 9.84 Å². The Bertz CT molecular complexity index is 1230. The topological polar surface area (TPSA) is 100 Å². The number of hydrogen-bond donors (Lipinski definition) is 1. The fourth-order valence-corrected chi connectivity index (χ4v) is 4.26. The van der Waals surface area contributed by atoms with E-state index in [1.54, 1.807) is 6.92 Å². The highest BCUT2D eigenvalue weighted by atomic mass is 35.5. The van der Waals surface area contributed by atoms with Gasteiger partial charge in [0.2, 0.25) is 0 Å². The standard InChI is InChI=1S/C17H13Cl2F6N5O3S/c1-3-33-27-4-5-29(2)15-14(34(31,32)17(23,24)25)12(8-26)28-30(15)13-10(18)6-9(7-11(13)19)16(20,21)22/h4-7,27H,3H2,1-2H3. The summed E-state index contributed by atoms with van der Waals surface area (Å²) in [5, 5.41) is 11.4. The van der Waals surface area contributed by atoms with Gasteiger partial charge in [-0.1, -0.05) is 23.2 Å². The number of halogens is 8. The van der Waals surface area contributed by atoms with Crippen molar-refractivity contribution in [3.05, 3.63) is 45.8 Å². The van der Waals surface area contributed by atoms with Crippen molar-refractivity contribution >= 4 is 38.9 Å². The second-order valence-corrected chi connectivity index (χ2v) is 8.93. The molecule has 186 valence electrons. The Morgan fingerprint density at radius 1 is 1.24 bits per heavy atom. The van der Waals surface area contributed by atoms with E-state index in [9.17, 15) is 40.0 Å². The summed E-state index contributed by atoms with van der Waals surface area (Å²) < 4.78 is 104. The Morgan fingerprint density at radius 2 is 1.79 bits per heavy atom. The molecule has 1 aromatic carbocycles. The average molecular weight is 552 g/mol. The van der Waals surface area contributed by atoms with E-state index in [-0.39, 0.29) is 6.61 Å². The molecule has 8 nitrogen and oxygen atoms in total. The van der Waals surface area contributed by atoms with Gasteiger partial charge in [0.15, 0.2) is 16.4 Å². The van der Waals surface area contributed by atoms with Crippen LogP contribution in [-0.4, -0.2) is 37.4 Å². The lowest BCUT2D eigenvalue weighted by Gasteiger charge is -2.20. The normalized spacial score (nSPS) is 12.7. The zero-order valence-electron chi connectivity index (χ0n) is 17.0. The van der Waals surface area contributed by atoms with Crippen LogP contribution in [-0.2, 0) is 20.9 Å². The maximum Gasteiger partial charge on any atom is 0.502 e. The second kappa shape index (κ2) is 9.90. The molecule has 0 saturated carbocycles. The van der Waals surface area contributed by atoms with Crippen molar-refractivity contribution in [2.24, 2.45) is 0 Å². The van der Waals surface area contributed by atoms with Gasteiger partial charge in [0.1, 0.15) is 11.8 Å². The number of alkyl halides is 6. The molecule has 2 aromatic rings. The number of nitrogens with one attached hydrogen (secondary N) is 1. The first-order chi connectivity index (χ1) is 15.6. The molecule has 0 spiro atoms. The predicted octanol–water partition coefficient (Wildman–Crippen LogP) is 4.81. The number of hydrogen-bond acceptors (Lipinski definition) is 7. The number of sulfone groups is 1. The fourth-order valence-electron chi connectivity index (χ4n) is 2.57. The van der Waals surface area contributed by atoms with E-state index >= 15 is 0 Å². The van der Waals surface area contributed by atoms with Crippen LogP contribution in [0.4, 0.5) is 32.2 Å². The van der Waals surface area contributed by atoms with Crippen LogP contribution in [0.1, 0.15) is 18.2 Å². The Kier molecular flexibility index (Phi) is 8.03. The van der Waals surface area contributed by atoms with Gasteiger partial charge in [-0.15, -0.1) is 0 Å². The van der Waals surface area contributed by atoms with Crippen molar-refractivity contribution in [1.29, 1.82) is 5.26 Å². The van der Waals surface area contributed by atoms with Crippen molar-refractivity contribution in [3.8, 4) is 11.8 Å². The van der Waals surface area contributed by atoms with E-state index in [1.807, 2.05) is 0 Å². The molecule has 17 heteroatoms. The highest BCUT2D eigenvalue weighted by molar-refractivity contribution is 7.92. The Hall–Kier alpha value is -2.67. The van der Waals surface area contributed by atoms with E-state index in [1.165, 1.54) is 6.07 Å². The lowest BCUT2D eigenvalue weighted by molar-refractivity contribution is -0.137. The zero-order chi connectivity index (χ0) is 26.1. The maximum absolute atomic E-state index is 13.4. The van der Waals surface area contributed by atoms with Crippen LogP contribution in [0.25, 0.3) is 5.69 Å². The number of nitriles is 1. The molecule has 0 amide bonds. The predicted molar refractivity (Wildman–Crippen MR) is 109 cm³/mol. The minimum Gasteiger partial charge on any atom is -0.333 e. The zero-order valence-corrected chi connectivity index (χ0v) is 19.3. The van der Waals surface area contributed by atoms with Crippen molar-refractivity contribution in [2.45, 2.75) is 23.5 Å². The summed E-state index contributed by atoms with van der Waals surface area (Å²) in [6.45, 7) is 1.80. The Morgan fingerprint density at radius 3 is 2.24 bits per heavy atom. The summed E-state index contributed by atoms with van der Waals surface area (Å²) in [6, 6.07) is 2.08. The molecular weight excluding hydrogens is 539 g/mol. The molecule has 0 atom stereocenters. The van der Waals surface area contributed by atoms with Crippen LogP contribution < -0.4 is 10.4 Å². The fraction of sp³-hybridized carbons (Fsp3) is 0.294. The van der Waals surface area contributed by atoms with Gasteiger partial charge >= 0.3 is 11.7 Å². The Labute approximate surface area is 198 Å². The molecule has 2 rings (SSSR count). The summed E-state index contributed by atoms with van der Waals surface area (Å²) in [6.07, 6.45) is -2.80. The third kappa shape index (κ3) is 5.35. The monoisotopic (exact) mass is 551 g/mol. The first kappa shape index (κ1) is 27.6. The van der Waals surface area contributed by atoms with Crippen LogP contribution in [0.3, 0.4) is 0 Å². The summed E-state index contributed by atoms with van der Waals surface area (Å²) in [4.78, 5) is 4.05. The first-order valence-corrected chi connectivity index (χ1v) is 11.0. The molecule has 34 heavy (non-hydrogen) atoms. The lowest BCUT2D eigenvalue weighted by Crippen LogP contribution is -2.26. The van der Waals surface area contributed by atoms with Gasteiger partial charge in [-0.25, -0.2) is 13.1 Å².